The van der Waals surface area contributed by atoms with Gasteiger partial charge in [-0.3, -0.25) is 9.59 Å². The molecule has 0 aliphatic heterocycles. The van der Waals surface area contributed by atoms with Gasteiger partial charge in [0.05, 0.1) is 22.5 Å². The number of aliphatic carboxylic acids is 2. The van der Waals surface area contributed by atoms with Gasteiger partial charge in [0.25, 0.3) is 0 Å². The molecule has 1 aromatic carbocycles. The zero-order valence-electron chi connectivity index (χ0n) is 10.1. The Hall–Kier alpha value is -1.80. The van der Waals surface area contributed by atoms with Crippen LogP contribution in [0.2, 0.25) is 0 Å². The lowest BCUT2D eigenvalue weighted by molar-refractivity contribution is -0.135. The van der Waals surface area contributed by atoms with Crippen molar-refractivity contribution in [3.8, 4) is 0 Å². The monoisotopic (exact) mass is 310 g/mol. The van der Waals surface area contributed by atoms with Crippen molar-refractivity contribution in [3.63, 3.8) is 0 Å². The third-order valence-corrected chi connectivity index (χ3v) is 4.20. The number of hydrogen-bond acceptors (Lipinski definition) is 6. The molecule has 0 saturated carbocycles. The molecule has 0 atom stereocenters. The molecule has 2 aromatic rings. The molecule has 8 heteroatoms. The zero-order valence-corrected chi connectivity index (χ0v) is 11.8. The second kappa shape index (κ2) is 6.58. The molecule has 0 saturated heterocycles. The summed E-state index contributed by atoms with van der Waals surface area (Å²) >= 11 is 2.07. The predicted molar refractivity (Wildman–Crippen MR) is 76.3 cm³/mol. The van der Waals surface area contributed by atoms with Crippen LogP contribution in [0.1, 0.15) is 0 Å². The van der Waals surface area contributed by atoms with Gasteiger partial charge in [-0.2, -0.15) is 0 Å². The summed E-state index contributed by atoms with van der Waals surface area (Å²) in [5.41, 5.74) is 1.31. The summed E-state index contributed by atoms with van der Waals surface area (Å²) in [5.74, 6) is -2.21. The van der Waals surface area contributed by atoms with Gasteiger partial charge in [-0.05, 0) is 12.1 Å². The molecule has 104 valence electrons. The summed E-state index contributed by atoms with van der Waals surface area (Å²) in [7, 11) is 0. The van der Waals surface area contributed by atoms with Crippen molar-refractivity contribution in [3.05, 3.63) is 24.3 Å². The standard InChI is InChI=1S/C12H10N2O4S2/c15-9(16)5-19-11-12(20-6-10(17)18)14-8-4-2-1-3-7(8)13-11/h1-4H,5-6H2,(H,15,16)(H,17,18). The lowest BCUT2D eigenvalue weighted by Gasteiger charge is -2.07. The van der Waals surface area contributed by atoms with E-state index in [9.17, 15) is 9.59 Å². The van der Waals surface area contributed by atoms with Gasteiger partial charge in [-0.1, -0.05) is 35.7 Å². The van der Waals surface area contributed by atoms with E-state index < -0.39 is 11.9 Å². The molecule has 0 aliphatic rings. The number of thioether (sulfide) groups is 2. The fraction of sp³-hybridized carbons (Fsp3) is 0.167. The summed E-state index contributed by atoms with van der Waals surface area (Å²) in [6, 6.07) is 7.18. The number of para-hydroxylation sites is 2. The minimum Gasteiger partial charge on any atom is -0.481 e. The maximum atomic E-state index is 10.6. The first-order chi connectivity index (χ1) is 9.56. The Bertz CT molecular complexity index is 606. The van der Waals surface area contributed by atoms with E-state index in [-0.39, 0.29) is 11.5 Å². The van der Waals surface area contributed by atoms with Crippen LogP contribution < -0.4 is 0 Å². The minimum atomic E-state index is -0.959. The van der Waals surface area contributed by atoms with E-state index in [2.05, 4.69) is 9.97 Å². The quantitative estimate of drug-likeness (QED) is 0.781. The Morgan fingerprint density at radius 2 is 1.30 bits per heavy atom. The van der Waals surface area contributed by atoms with Crippen LogP contribution >= 0.6 is 23.5 Å². The van der Waals surface area contributed by atoms with E-state index in [0.717, 1.165) is 23.5 Å². The summed E-state index contributed by atoms with van der Waals surface area (Å²) in [4.78, 5) is 30.0. The number of fused-ring (bicyclic) bond motifs is 1. The number of nitrogens with zero attached hydrogens (tertiary/aromatic N) is 2. The van der Waals surface area contributed by atoms with Gasteiger partial charge in [0.2, 0.25) is 0 Å². The third-order valence-electron chi connectivity index (χ3n) is 2.17. The molecule has 1 aromatic heterocycles. The van der Waals surface area contributed by atoms with Crippen LogP contribution in [-0.4, -0.2) is 43.6 Å². The van der Waals surface area contributed by atoms with Crippen LogP contribution in [0.15, 0.2) is 34.3 Å². The zero-order chi connectivity index (χ0) is 14.5. The highest BCUT2D eigenvalue weighted by atomic mass is 32.2. The lowest BCUT2D eigenvalue weighted by Crippen LogP contribution is -2.02. The van der Waals surface area contributed by atoms with Gasteiger partial charge in [0.15, 0.2) is 0 Å². The van der Waals surface area contributed by atoms with Gasteiger partial charge < -0.3 is 10.2 Å². The summed E-state index contributed by atoms with van der Waals surface area (Å²) in [5, 5.41) is 18.3. The first-order valence-electron chi connectivity index (χ1n) is 5.52. The molecule has 1 heterocycles. The molecule has 2 N–H and O–H groups in total. The van der Waals surface area contributed by atoms with Crippen LogP contribution in [0.4, 0.5) is 0 Å². The van der Waals surface area contributed by atoms with Crippen molar-refractivity contribution in [1.29, 1.82) is 0 Å². The van der Waals surface area contributed by atoms with Crippen LogP contribution in [0.5, 0.6) is 0 Å². The van der Waals surface area contributed by atoms with Crippen LogP contribution in [0.25, 0.3) is 11.0 Å². The van der Waals surface area contributed by atoms with Gasteiger partial charge in [-0.25, -0.2) is 9.97 Å². The fourth-order valence-electron chi connectivity index (χ4n) is 1.42. The largest absolute Gasteiger partial charge is 0.481 e. The third kappa shape index (κ3) is 3.84. The molecule has 6 nitrogen and oxygen atoms in total. The molecule has 0 bridgehead atoms. The minimum absolute atomic E-state index is 0.145. The molecule has 2 rings (SSSR count). The van der Waals surface area contributed by atoms with E-state index >= 15 is 0 Å². The van der Waals surface area contributed by atoms with Crippen LogP contribution in [0.3, 0.4) is 0 Å². The normalized spacial score (nSPS) is 10.6. The van der Waals surface area contributed by atoms with Gasteiger partial charge >= 0.3 is 11.9 Å². The molecular weight excluding hydrogens is 300 g/mol. The van der Waals surface area contributed by atoms with Crippen molar-refractivity contribution in [2.75, 3.05) is 11.5 Å². The predicted octanol–water partition coefficient (Wildman–Crippen LogP) is 1.98. The fourth-order valence-corrected chi connectivity index (χ4v) is 2.95. The molecule has 20 heavy (non-hydrogen) atoms. The van der Waals surface area contributed by atoms with E-state index in [0.29, 0.717) is 21.1 Å². The van der Waals surface area contributed by atoms with Gasteiger partial charge in [0.1, 0.15) is 10.1 Å². The second-order valence-corrected chi connectivity index (χ2v) is 5.62. The number of carbonyl (C=O) groups is 2. The van der Waals surface area contributed by atoms with Crippen molar-refractivity contribution >= 4 is 46.5 Å². The van der Waals surface area contributed by atoms with E-state index in [1.54, 1.807) is 12.1 Å². The number of rotatable bonds is 6. The maximum Gasteiger partial charge on any atom is 0.313 e. The van der Waals surface area contributed by atoms with Crippen molar-refractivity contribution in [2.45, 2.75) is 10.1 Å². The Labute approximate surface area is 122 Å². The molecule has 0 radical (unpaired) electrons. The number of carboxylic acids is 2. The summed E-state index contributed by atoms with van der Waals surface area (Å²) in [6.07, 6.45) is 0. The number of hydrogen-bond donors (Lipinski definition) is 2. The SMILES string of the molecule is O=C(O)CSc1nc2ccccc2nc1SCC(=O)O. The van der Waals surface area contributed by atoms with Crippen molar-refractivity contribution in [1.82, 2.24) is 9.97 Å². The Kier molecular flexibility index (Phi) is 4.80. The van der Waals surface area contributed by atoms with Crippen molar-refractivity contribution in [2.24, 2.45) is 0 Å². The highest BCUT2D eigenvalue weighted by Gasteiger charge is 2.13. The molecule has 0 aliphatic carbocycles. The Morgan fingerprint density at radius 1 is 0.900 bits per heavy atom. The second-order valence-electron chi connectivity index (χ2n) is 3.69. The number of carboxylic acid groups (broad SMARTS) is 2. The van der Waals surface area contributed by atoms with E-state index in [4.69, 9.17) is 10.2 Å². The van der Waals surface area contributed by atoms with E-state index in [1.807, 2.05) is 12.1 Å². The van der Waals surface area contributed by atoms with Gasteiger partial charge in [-0.15, -0.1) is 0 Å². The van der Waals surface area contributed by atoms with Gasteiger partial charge in [0, 0.05) is 0 Å². The average molecular weight is 310 g/mol. The van der Waals surface area contributed by atoms with Crippen LogP contribution in [-0.2, 0) is 9.59 Å². The van der Waals surface area contributed by atoms with E-state index in [1.165, 1.54) is 0 Å². The maximum absolute atomic E-state index is 10.6. The molecule has 0 amide bonds. The van der Waals surface area contributed by atoms with Crippen molar-refractivity contribution < 1.29 is 19.8 Å². The number of aromatic nitrogens is 2. The first-order valence-corrected chi connectivity index (χ1v) is 7.49. The molecule has 0 fully saturated rings. The Morgan fingerprint density at radius 3 is 1.65 bits per heavy atom. The Balaban J connectivity index is 2.35. The lowest BCUT2D eigenvalue weighted by atomic mass is 10.3. The summed E-state index contributed by atoms with van der Waals surface area (Å²) in [6.45, 7) is 0. The molecule has 0 spiro atoms. The average Bonchev–Trinajstić information content (AvgIpc) is 2.42. The summed E-state index contributed by atoms with van der Waals surface area (Å²) < 4.78 is 0. The highest BCUT2D eigenvalue weighted by molar-refractivity contribution is 8.02. The highest BCUT2D eigenvalue weighted by Crippen LogP contribution is 2.29. The molecular formula is C12H10N2O4S2. The number of benzene rings is 1. The first kappa shape index (κ1) is 14.6. The topological polar surface area (TPSA) is 100 Å². The molecule has 0 unspecified atom stereocenters. The van der Waals surface area contributed by atoms with Crippen LogP contribution in [0, 0.1) is 0 Å². The smallest absolute Gasteiger partial charge is 0.313 e.